The van der Waals surface area contributed by atoms with Crippen molar-refractivity contribution in [2.24, 2.45) is 0 Å². The van der Waals surface area contributed by atoms with Crippen LogP contribution in [0.4, 0.5) is 0 Å². The molecule has 1 atom stereocenters. The van der Waals surface area contributed by atoms with Gasteiger partial charge in [-0.3, -0.25) is 0 Å². The summed E-state index contributed by atoms with van der Waals surface area (Å²) in [6.07, 6.45) is 0.534. The predicted octanol–water partition coefficient (Wildman–Crippen LogP) is 1.78. The van der Waals surface area contributed by atoms with Crippen LogP contribution in [0, 0.1) is 0 Å². The number of carboxylic acid groups (broad SMARTS) is 1. The van der Waals surface area contributed by atoms with E-state index in [4.69, 9.17) is 0 Å². The van der Waals surface area contributed by atoms with Crippen LogP contribution < -0.4 is 0 Å². The molecule has 0 aliphatic rings. The van der Waals surface area contributed by atoms with Gasteiger partial charge in [-0.1, -0.05) is 30.3 Å². The molecule has 3 heteroatoms. The van der Waals surface area contributed by atoms with Crippen LogP contribution in [0.1, 0.15) is 12.5 Å². The maximum Gasteiger partial charge on any atom is 0.365 e. The zero-order valence-electron chi connectivity index (χ0n) is 10.4. The number of nitrogens with zero attached hydrogens (tertiary/aromatic N) is 1. The van der Waals surface area contributed by atoms with Crippen molar-refractivity contribution < 1.29 is 14.4 Å². The molecule has 0 aliphatic carbocycles. The van der Waals surface area contributed by atoms with Crippen LogP contribution in [0.2, 0.25) is 0 Å². The number of hydrogen-bond donors (Lipinski definition) is 1. The number of aliphatic carboxylic acids is 1. The molecule has 16 heavy (non-hydrogen) atoms. The molecule has 0 aromatic heterocycles. The number of carbonyl (C=O) groups is 1. The first-order chi connectivity index (χ1) is 7.27. The molecule has 1 unspecified atom stereocenters. The lowest BCUT2D eigenvalue weighted by Crippen LogP contribution is -2.61. The van der Waals surface area contributed by atoms with Gasteiger partial charge in [0.15, 0.2) is 5.54 Å². The van der Waals surface area contributed by atoms with Crippen LogP contribution >= 0.6 is 0 Å². The van der Waals surface area contributed by atoms with Gasteiger partial charge in [-0.15, -0.1) is 0 Å². The Bertz CT molecular complexity index is 367. The topological polar surface area (TPSA) is 37.3 Å². The summed E-state index contributed by atoms with van der Waals surface area (Å²) in [5.74, 6) is -0.760. The van der Waals surface area contributed by atoms with Crippen LogP contribution in [-0.2, 0) is 11.2 Å². The smallest absolute Gasteiger partial charge is 0.365 e. The van der Waals surface area contributed by atoms with E-state index >= 15 is 0 Å². The van der Waals surface area contributed by atoms with E-state index in [0.29, 0.717) is 10.9 Å². The molecule has 1 aromatic rings. The Morgan fingerprint density at radius 2 is 1.75 bits per heavy atom. The second-order valence-corrected chi connectivity index (χ2v) is 5.25. The highest BCUT2D eigenvalue weighted by Crippen LogP contribution is 2.24. The molecule has 0 saturated carbocycles. The molecule has 1 aromatic carbocycles. The van der Waals surface area contributed by atoms with E-state index in [1.54, 1.807) is 6.92 Å². The number of benzene rings is 1. The molecule has 0 radical (unpaired) electrons. The highest BCUT2D eigenvalue weighted by atomic mass is 16.4. The second kappa shape index (κ2) is 4.26. The van der Waals surface area contributed by atoms with Crippen LogP contribution in [0.5, 0.6) is 0 Å². The minimum Gasteiger partial charge on any atom is -0.477 e. The van der Waals surface area contributed by atoms with Crippen molar-refractivity contribution in [1.29, 1.82) is 0 Å². The number of carboxylic acids is 1. The molecule has 1 N–H and O–H groups in total. The molecule has 0 heterocycles. The Labute approximate surface area is 96.9 Å². The summed E-state index contributed by atoms with van der Waals surface area (Å²) >= 11 is 0. The second-order valence-electron chi connectivity index (χ2n) is 5.25. The Hall–Kier alpha value is -1.35. The van der Waals surface area contributed by atoms with Crippen LogP contribution in [0.25, 0.3) is 0 Å². The van der Waals surface area contributed by atoms with Gasteiger partial charge >= 0.3 is 5.97 Å². The fraction of sp³-hybridized carbons (Fsp3) is 0.462. The molecule has 0 saturated heterocycles. The normalized spacial score (nSPS) is 15.5. The summed E-state index contributed by atoms with van der Waals surface area (Å²) in [5, 5.41) is 9.41. The third-order valence-electron chi connectivity index (χ3n) is 3.33. The van der Waals surface area contributed by atoms with E-state index in [1.807, 2.05) is 51.5 Å². The van der Waals surface area contributed by atoms with Crippen molar-refractivity contribution in [3.8, 4) is 0 Å². The summed E-state index contributed by atoms with van der Waals surface area (Å²) in [7, 11) is 5.74. The van der Waals surface area contributed by atoms with Gasteiger partial charge in [0, 0.05) is 13.3 Å². The van der Waals surface area contributed by atoms with Crippen molar-refractivity contribution in [2.75, 3.05) is 21.1 Å². The van der Waals surface area contributed by atoms with Crippen LogP contribution in [0.3, 0.4) is 0 Å². The van der Waals surface area contributed by atoms with Gasteiger partial charge in [0.1, 0.15) is 0 Å². The Morgan fingerprint density at radius 1 is 1.25 bits per heavy atom. The molecule has 1 rings (SSSR count). The summed E-state index contributed by atoms with van der Waals surface area (Å²) in [5.41, 5.74) is 0.252. The first-order valence-corrected chi connectivity index (χ1v) is 5.36. The molecule has 0 amide bonds. The minimum atomic E-state index is -0.804. The molecule has 0 fully saturated rings. The van der Waals surface area contributed by atoms with E-state index in [-0.39, 0.29) is 0 Å². The van der Waals surface area contributed by atoms with Crippen LogP contribution in [0.15, 0.2) is 30.3 Å². The van der Waals surface area contributed by atoms with E-state index in [2.05, 4.69) is 0 Å². The standard InChI is InChI=1S/C13H19NO2/c1-13(12(15)16,14(2,3)4)10-11-8-6-5-7-9-11/h5-9H,10H2,1-4H3/p+1. The third-order valence-corrected chi connectivity index (χ3v) is 3.33. The van der Waals surface area contributed by atoms with Crippen molar-refractivity contribution >= 4 is 5.97 Å². The van der Waals surface area contributed by atoms with Crippen LogP contribution in [-0.4, -0.2) is 42.2 Å². The molecule has 0 bridgehead atoms. The largest absolute Gasteiger partial charge is 0.477 e. The van der Waals surface area contributed by atoms with Crippen molar-refractivity contribution in [1.82, 2.24) is 0 Å². The van der Waals surface area contributed by atoms with E-state index < -0.39 is 11.5 Å². The maximum absolute atomic E-state index is 11.5. The van der Waals surface area contributed by atoms with Gasteiger partial charge in [-0.05, 0) is 5.56 Å². The molecular weight excluding hydrogens is 202 g/mol. The summed E-state index contributed by atoms with van der Waals surface area (Å²) in [6, 6.07) is 9.75. The van der Waals surface area contributed by atoms with E-state index in [0.717, 1.165) is 5.56 Å². The lowest BCUT2D eigenvalue weighted by atomic mass is 9.90. The molecule has 0 spiro atoms. The average Bonchev–Trinajstić information content (AvgIpc) is 2.17. The van der Waals surface area contributed by atoms with Gasteiger partial charge in [0.05, 0.1) is 21.1 Å². The van der Waals surface area contributed by atoms with E-state index in [9.17, 15) is 9.90 Å². The zero-order valence-corrected chi connectivity index (χ0v) is 10.4. The third kappa shape index (κ3) is 2.42. The molecule has 0 aliphatic heterocycles. The van der Waals surface area contributed by atoms with Crippen molar-refractivity contribution in [3.05, 3.63) is 35.9 Å². The Kier molecular flexibility index (Phi) is 3.38. The fourth-order valence-electron chi connectivity index (χ4n) is 1.59. The van der Waals surface area contributed by atoms with Gasteiger partial charge in [-0.25, -0.2) is 4.79 Å². The lowest BCUT2D eigenvalue weighted by molar-refractivity contribution is -0.911. The van der Waals surface area contributed by atoms with Gasteiger partial charge in [0.2, 0.25) is 0 Å². The summed E-state index contributed by atoms with van der Waals surface area (Å²) in [4.78, 5) is 11.5. The highest BCUT2D eigenvalue weighted by Gasteiger charge is 2.45. The zero-order chi connectivity index (χ0) is 12.4. The summed E-state index contributed by atoms with van der Waals surface area (Å²) < 4.78 is 0.400. The van der Waals surface area contributed by atoms with Gasteiger partial charge < -0.3 is 9.59 Å². The van der Waals surface area contributed by atoms with Gasteiger partial charge in [-0.2, -0.15) is 0 Å². The first kappa shape index (κ1) is 12.7. The molecular formula is C13H20NO2+. The monoisotopic (exact) mass is 222 g/mol. The quantitative estimate of drug-likeness (QED) is 0.788. The van der Waals surface area contributed by atoms with E-state index in [1.165, 1.54) is 0 Å². The predicted molar refractivity (Wildman–Crippen MR) is 64.2 cm³/mol. The lowest BCUT2D eigenvalue weighted by Gasteiger charge is -2.40. The van der Waals surface area contributed by atoms with Gasteiger partial charge in [0.25, 0.3) is 0 Å². The number of rotatable bonds is 4. The fourth-order valence-corrected chi connectivity index (χ4v) is 1.59. The SMILES string of the molecule is CC(Cc1ccccc1)(C(=O)O)[N+](C)(C)C. The molecule has 3 nitrogen and oxygen atoms in total. The molecule has 88 valence electrons. The number of likely N-dealkylation sites (N-methyl/N-ethyl adjacent to an activating group) is 1. The highest BCUT2D eigenvalue weighted by molar-refractivity contribution is 5.77. The Morgan fingerprint density at radius 3 is 2.12 bits per heavy atom. The minimum absolute atomic E-state index is 0.400. The van der Waals surface area contributed by atoms with Crippen molar-refractivity contribution in [3.63, 3.8) is 0 Å². The van der Waals surface area contributed by atoms with Crippen molar-refractivity contribution in [2.45, 2.75) is 18.9 Å². The average molecular weight is 222 g/mol. The first-order valence-electron chi connectivity index (χ1n) is 5.36. The number of hydrogen-bond acceptors (Lipinski definition) is 1. The number of quaternary nitrogens is 1. The maximum atomic E-state index is 11.5. The Balaban J connectivity index is 3.03. The summed E-state index contributed by atoms with van der Waals surface area (Å²) in [6.45, 7) is 1.79.